The minimum atomic E-state index is 0.113. The molecule has 0 aliphatic carbocycles. The summed E-state index contributed by atoms with van der Waals surface area (Å²) >= 11 is 0. The Morgan fingerprint density at radius 1 is 1.04 bits per heavy atom. The predicted octanol–water partition coefficient (Wildman–Crippen LogP) is 3.73. The van der Waals surface area contributed by atoms with Crippen LogP contribution in [0, 0.1) is 6.92 Å². The van der Waals surface area contributed by atoms with Crippen molar-refractivity contribution >= 4 is 10.9 Å². The van der Waals surface area contributed by atoms with E-state index in [0.717, 1.165) is 30.0 Å². The van der Waals surface area contributed by atoms with Crippen LogP contribution in [0.3, 0.4) is 0 Å². The third kappa shape index (κ3) is 2.34. The second-order valence-corrected chi connectivity index (χ2v) is 6.31. The lowest BCUT2D eigenvalue weighted by Crippen LogP contribution is -2.30. The summed E-state index contributed by atoms with van der Waals surface area (Å²) in [6.45, 7) is 3.06. The van der Waals surface area contributed by atoms with Gasteiger partial charge < -0.3 is 19.8 Å². The zero-order valence-electron chi connectivity index (χ0n) is 14.3. The predicted molar refractivity (Wildman–Crippen MR) is 96.1 cm³/mol. The van der Waals surface area contributed by atoms with Crippen molar-refractivity contribution in [2.24, 2.45) is 0 Å². The summed E-state index contributed by atoms with van der Waals surface area (Å²) in [5.74, 6) is 1.81. The van der Waals surface area contributed by atoms with Gasteiger partial charge in [-0.1, -0.05) is 17.7 Å². The minimum absolute atomic E-state index is 0.113. The lowest BCUT2D eigenvalue weighted by atomic mass is 9.93. The van der Waals surface area contributed by atoms with Crippen molar-refractivity contribution in [1.29, 1.82) is 0 Å². The van der Waals surface area contributed by atoms with Gasteiger partial charge in [0.2, 0.25) is 0 Å². The highest BCUT2D eigenvalue weighted by Crippen LogP contribution is 2.38. The topological polar surface area (TPSA) is 46.3 Å². The van der Waals surface area contributed by atoms with Crippen LogP contribution in [0.25, 0.3) is 10.9 Å². The first-order valence-corrected chi connectivity index (χ1v) is 8.27. The number of aromatic amines is 1. The summed E-state index contributed by atoms with van der Waals surface area (Å²) in [4.78, 5) is 3.61. The maximum atomic E-state index is 5.61. The molecule has 0 radical (unpaired) electrons. The van der Waals surface area contributed by atoms with Gasteiger partial charge in [-0.3, -0.25) is 0 Å². The molecule has 2 heterocycles. The van der Waals surface area contributed by atoms with E-state index >= 15 is 0 Å². The van der Waals surface area contributed by atoms with Crippen molar-refractivity contribution in [3.8, 4) is 11.5 Å². The number of aromatic nitrogens is 1. The van der Waals surface area contributed by atoms with Gasteiger partial charge in [0.15, 0.2) is 0 Å². The number of H-pyrrole nitrogens is 1. The quantitative estimate of drug-likeness (QED) is 0.772. The number of benzene rings is 2. The number of hydrogen-bond acceptors (Lipinski definition) is 3. The second kappa shape index (κ2) is 5.87. The first-order valence-electron chi connectivity index (χ1n) is 8.27. The number of methoxy groups -OCH3 is 2. The molecule has 4 rings (SSSR count). The molecule has 0 bridgehead atoms. The zero-order chi connectivity index (χ0) is 16.7. The van der Waals surface area contributed by atoms with E-state index in [-0.39, 0.29) is 6.04 Å². The van der Waals surface area contributed by atoms with Gasteiger partial charge in [-0.25, -0.2) is 0 Å². The molecule has 1 atom stereocenters. The maximum Gasteiger partial charge on any atom is 0.124 e. The van der Waals surface area contributed by atoms with Gasteiger partial charge in [-0.15, -0.1) is 0 Å². The van der Waals surface area contributed by atoms with Crippen LogP contribution in [0.4, 0.5) is 0 Å². The lowest BCUT2D eigenvalue weighted by molar-refractivity contribution is 0.401. The molecule has 0 fully saturated rings. The monoisotopic (exact) mass is 322 g/mol. The van der Waals surface area contributed by atoms with Crippen LogP contribution in [0.15, 0.2) is 36.4 Å². The van der Waals surface area contributed by atoms with Gasteiger partial charge in [-0.05, 0) is 43.2 Å². The molecule has 4 heteroatoms. The third-order valence-electron chi connectivity index (χ3n) is 4.85. The molecule has 3 aromatic rings. The summed E-state index contributed by atoms with van der Waals surface area (Å²) in [5, 5.41) is 4.89. The molecule has 1 aliphatic rings. The fraction of sp³-hybridized carbons (Fsp3) is 0.300. The first kappa shape index (κ1) is 15.1. The molecule has 4 nitrogen and oxygen atoms in total. The first-order chi connectivity index (χ1) is 11.7. The van der Waals surface area contributed by atoms with E-state index in [4.69, 9.17) is 9.47 Å². The molecule has 2 aromatic carbocycles. The molecule has 1 unspecified atom stereocenters. The smallest absolute Gasteiger partial charge is 0.124 e. The number of hydrogen-bond donors (Lipinski definition) is 2. The highest BCUT2D eigenvalue weighted by atomic mass is 16.5. The van der Waals surface area contributed by atoms with Gasteiger partial charge in [0.25, 0.3) is 0 Å². The van der Waals surface area contributed by atoms with Crippen LogP contribution in [-0.2, 0) is 6.42 Å². The maximum absolute atomic E-state index is 5.61. The van der Waals surface area contributed by atoms with Crippen molar-refractivity contribution in [1.82, 2.24) is 10.3 Å². The van der Waals surface area contributed by atoms with Gasteiger partial charge in [0.1, 0.15) is 11.5 Å². The normalized spacial score (nSPS) is 16.9. The lowest BCUT2D eigenvalue weighted by Gasteiger charge is -2.26. The second-order valence-electron chi connectivity index (χ2n) is 6.31. The molecular weight excluding hydrogens is 300 g/mol. The van der Waals surface area contributed by atoms with Crippen molar-refractivity contribution in [3.05, 3.63) is 58.8 Å². The van der Waals surface area contributed by atoms with E-state index in [9.17, 15) is 0 Å². The molecular formula is C20H22N2O2. The summed E-state index contributed by atoms with van der Waals surface area (Å²) in [6, 6.07) is 12.7. The van der Waals surface area contributed by atoms with E-state index < -0.39 is 0 Å². The van der Waals surface area contributed by atoms with Crippen molar-refractivity contribution < 1.29 is 9.47 Å². The molecule has 2 N–H and O–H groups in total. The van der Waals surface area contributed by atoms with Crippen LogP contribution in [0.5, 0.6) is 11.5 Å². The van der Waals surface area contributed by atoms with Gasteiger partial charge >= 0.3 is 0 Å². The Labute approximate surface area is 141 Å². The number of nitrogens with one attached hydrogen (secondary N) is 2. The fourth-order valence-electron chi connectivity index (χ4n) is 3.68. The number of aryl methyl sites for hydroxylation is 1. The highest BCUT2D eigenvalue weighted by molar-refractivity contribution is 5.86. The van der Waals surface area contributed by atoms with E-state index in [1.807, 2.05) is 12.1 Å². The van der Waals surface area contributed by atoms with E-state index in [0.29, 0.717) is 0 Å². The Hall–Kier alpha value is -2.46. The number of ether oxygens (including phenoxy) is 2. The minimum Gasteiger partial charge on any atom is -0.497 e. The molecule has 1 aliphatic heterocycles. The van der Waals surface area contributed by atoms with E-state index in [1.165, 1.54) is 27.8 Å². The fourth-order valence-corrected chi connectivity index (χ4v) is 3.68. The molecule has 0 spiro atoms. The van der Waals surface area contributed by atoms with Crippen LogP contribution in [0.2, 0.25) is 0 Å². The molecule has 1 aromatic heterocycles. The Kier molecular flexibility index (Phi) is 3.69. The highest BCUT2D eigenvalue weighted by Gasteiger charge is 2.27. The zero-order valence-corrected chi connectivity index (χ0v) is 14.3. The van der Waals surface area contributed by atoms with Crippen LogP contribution in [0.1, 0.15) is 28.4 Å². The summed E-state index contributed by atoms with van der Waals surface area (Å²) in [5.41, 5.74) is 6.17. The molecule has 0 saturated carbocycles. The van der Waals surface area contributed by atoms with Crippen molar-refractivity contribution in [3.63, 3.8) is 0 Å². The molecule has 24 heavy (non-hydrogen) atoms. The molecule has 124 valence electrons. The standard InChI is InChI=1S/C20H22N2O2/c1-12-4-7-18(24-3)16(10-12)19-20-14(8-9-21-19)15-11-13(23-2)5-6-17(15)22-20/h4-7,10-11,19,21-22H,8-9H2,1-3H3. The Bertz CT molecular complexity index is 898. The van der Waals surface area contributed by atoms with E-state index in [1.54, 1.807) is 14.2 Å². The summed E-state index contributed by atoms with van der Waals surface area (Å²) in [6.07, 6.45) is 1.01. The van der Waals surface area contributed by atoms with E-state index in [2.05, 4.69) is 41.5 Å². The van der Waals surface area contributed by atoms with Gasteiger partial charge in [-0.2, -0.15) is 0 Å². The number of rotatable bonds is 3. The van der Waals surface area contributed by atoms with Crippen LogP contribution >= 0.6 is 0 Å². The Morgan fingerprint density at radius 2 is 1.92 bits per heavy atom. The third-order valence-corrected chi connectivity index (χ3v) is 4.85. The van der Waals surface area contributed by atoms with Crippen LogP contribution in [-0.4, -0.2) is 25.7 Å². The molecule has 0 amide bonds. The van der Waals surface area contributed by atoms with Crippen LogP contribution < -0.4 is 14.8 Å². The Morgan fingerprint density at radius 3 is 2.71 bits per heavy atom. The number of fused-ring (bicyclic) bond motifs is 3. The van der Waals surface area contributed by atoms with Crippen molar-refractivity contribution in [2.45, 2.75) is 19.4 Å². The van der Waals surface area contributed by atoms with Crippen molar-refractivity contribution in [2.75, 3.05) is 20.8 Å². The van der Waals surface area contributed by atoms with Gasteiger partial charge in [0.05, 0.1) is 20.3 Å². The van der Waals surface area contributed by atoms with Gasteiger partial charge in [0, 0.05) is 28.7 Å². The largest absolute Gasteiger partial charge is 0.497 e. The summed E-state index contributed by atoms with van der Waals surface area (Å²) in [7, 11) is 3.44. The average molecular weight is 322 g/mol. The SMILES string of the molecule is COc1ccc2[nH]c3c(c2c1)CCNC3c1cc(C)ccc1OC. The average Bonchev–Trinajstić information content (AvgIpc) is 2.99. The molecule has 0 saturated heterocycles. The Balaban J connectivity index is 1.89. The summed E-state index contributed by atoms with van der Waals surface area (Å²) < 4.78 is 11.0.